The van der Waals surface area contributed by atoms with E-state index in [0.717, 1.165) is 10.5 Å². The van der Waals surface area contributed by atoms with Crippen LogP contribution in [0, 0.1) is 0 Å². The van der Waals surface area contributed by atoms with Gasteiger partial charge >= 0.3 is 6.03 Å². The fraction of sp³-hybridized carbons (Fsp3) is 0.235. The highest BCUT2D eigenvalue weighted by Crippen LogP contribution is 2.27. The predicted octanol–water partition coefficient (Wildman–Crippen LogP) is 2.93. The number of rotatable bonds is 7. The molecule has 0 bridgehead atoms. The number of pyridine rings is 1. The lowest BCUT2D eigenvalue weighted by atomic mass is 10.1. The molecule has 7 heteroatoms. The maximum absolute atomic E-state index is 12.2. The summed E-state index contributed by atoms with van der Waals surface area (Å²) >= 11 is 1.48. The molecule has 3 amide bonds. The molecule has 0 fully saturated rings. The van der Waals surface area contributed by atoms with E-state index >= 15 is 0 Å². The van der Waals surface area contributed by atoms with E-state index in [1.165, 1.54) is 11.8 Å². The van der Waals surface area contributed by atoms with Gasteiger partial charge in [0.15, 0.2) is 0 Å². The number of carbonyl (C=O) groups excluding carboxylic acids is 2. The van der Waals surface area contributed by atoms with Gasteiger partial charge in [-0.2, -0.15) is 0 Å². The lowest BCUT2D eigenvalue weighted by Gasteiger charge is -2.16. The van der Waals surface area contributed by atoms with Gasteiger partial charge in [0.25, 0.3) is 0 Å². The monoisotopic (exact) mass is 344 g/mol. The summed E-state index contributed by atoms with van der Waals surface area (Å²) in [5.41, 5.74) is 6.83. The number of benzene rings is 1. The highest BCUT2D eigenvalue weighted by Gasteiger charge is 2.11. The average Bonchev–Trinajstić information content (AvgIpc) is 2.57. The van der Waals surface area contributed by atoms with Gasteiger partial charge in [-0.05, 0) is 36.8 Å². The van der Waals surface area contributed by atoms with Gasteiger partial charge in [-0.1, -0.05) is 12.1 Å². The standard InChI is InChI=1S/C17H20N4O2S/c1-12(13-6-9-19-10-7-13)20-17(23)21-14-4-2-3-5-15(14)24-11-8-16(18)22/h2-7,9-10,12H,8,11H2,1H3,(H2,18,22)(H2,20,21,23). The second kappa shape index (κ2) is 8.93. The molecular weight excluding hydrogens is 324 g/mol. The third kappa shape index (κ3) is 5.58. The van der Waals surface area contributed by atoms with Gasteiger partial charge in [-0.25, -0.2) is 4.79 Å². The Morgan fingerprint density at radius 3 is 2.62 bits per heavy atom. The molecule has 1 aromatic heterocycles. The van der Waals surface area contributed by atoms with Crippen LogP contribution in [0.3, 0.4) is 0 Å². The fourth-order valence-electron chi connectivity index (χ4n) is 2.05. The van der Waals surface area contributed by atoms with Crippen molar-refractivity contribution in [2.45, 2.75) is 24.3 Å². The van der Waals surface area contributed by atoms with Gasteiger partial charge in [0, 0.05) is 29.5 Å². The number of nitrogens with two attached hydrogens (primary N) is 1. The molecule has 0 aliphatic carbocycles. The number of primary amides is 1. The van der Waals surface area contributed by atoms with E-state index < -0.39 is 0 Å². The van der Waals surface area contributed by atoms with E-state index in [1.54, 1.807) is 12.4 Å². The van der Waals surface area contributed by atoms with E-state index in [0.29, 0.717) is 17.9 Å². The number of hydrogen-bond donors (Lipinski definition) is 3. The Bertz CT molecular complexity index is 694. The van der Waals surface area contributed by atoms with Crippen molar-refractivity contribution < 1.29 is 9.59 Å². The van der Waals surface area contributed by atoms with Crippen LogP contribution in [-0.4, -0.2) is 22.7 Å². The molecule has 2 rings (SSSR count). The number of amides is 3. The highest BCUT2D eigenvalue weighted by atomic mass is 32.2. The Hall–Kier alpha value is -2.54. The first-order valence-electron chi connectivity index (χ1n) is 7.54. The topological polar surface area (TPSA) is 97.1 Å². The SMILES string of the molecule is CC(NC(=O)Nc1ccccc1SCCC(N)=O)c1ccncc1. The summed E-state index contributed by atoms with van der Waals surface area (Å²) in [6.07, 6.45) is 3.68. The third-order valence-corrected chi connectivity index (χ3v) is 4.37. The Kier molecular flexibility index (Phi) is 6.62. The number of nitrogens with one attached hydrogen (secondary N) is 2. The van der Waals surface area contributed by atoms with E-state index in [4.69, 9.17) is 5.73 Å². The number of carbonyl (C=O) groups is 2. The van der Waals surface area contributed by atoms with E-state index in [2.05, 4.69) is 15.6 Å². The average molecular weight is 344 g/mol. The lowest BCUT2D eigenvalue weighted by Crippen LogP contribution is -2.31. The van der Waals surface area contributed by atoms with Crippen LogP contribution in [-0.2, 0) is 4.79 Å². The van der Waals surface area contributed by atoms with Crippen LogP contribution in [0.15, 0.2) is 53.7 Å². The number of anilines is 1. The molecule has 1 unspecified atom stereocenters. The predicted molar refractivity (Wildman–Crippen MR) is 95.8 cm³/mol. The molecule has 24 heavy (non-hydrogen) atoms. The first kappa shape index (κ1) is 17.8. The maximum atomic E-state index is 12.2. The number of hydrogen-bond acceptors (Lipinski definition) is 4. The van der Waals surface area contributed by atoms with Crippen molar-refractivity contribution in [2.75, 3.05) is 11.1 Å². The molecule has 0 spiro atoms. The summed E-state index contributed by atoms with van der Waals surface area (Å²) < 4.78 is 0. The van der Waals surface area contributed by atoms with Crippen molar-refractivity contribution in [1.29, 1.82) is 0 Å². The Morgan fingerprint density at radius 1 is 1.21 bits per heavy atom. The first-order valence-corrected chi connectivity index (χ1v) is 8.52. The van der Waals surface area contributed by atoms with Crippen molar-refractivity contribution in [3.63, 3.8) is 0 Å². The van der Waals surface area contributed by atoms with Crippen molar-refractivity contribution in [1.82, 2.24) is 10.3 Å². The summed E-state index contributed by atoms with van der Waals surface area (Å²) in [4.78, 5) is 27.9. The molecule has 1 atom stereocenters. The number of nitrogens with zero attached hydrogens (tertiary/aromatic N) is 1. The van der Waals surface area contributed by atoms with Gasteiger partial charge in [0.05, 0.1) is 11.7 Å². The normalized spacial score (nSPS) is 11.5. The Balaban J connectivity index is 1.95. The van der Waals surface area contributed by atoms with Crippen LogP contribution in [0.2, 0.25) is 0 Å². The molecular formula is C17H20N4O2S. The van der Waals surface area contributed by atoms with Crippen LogP contribution in [0.1, 0.15) is 24.9 Å². The van der Waals surface area contributed by atoms with Crippen LogP contribution >= 0.6 is 11.8 Å². The molecule has 0 saturated carbocycles. The summed E-state index contributed by atoms with van der Waals surface area (Å²) in [6.45, 7) is 1.91. The Morgan fingerprint density at radius 2 is 1.92 bits per heavy atom. The molecule has 0 aliphatic rings. The minimum atomic E-state index is -0.336. The van der Waals surface area contributed by atoms with Crippen LogP contribution in [0.25, 0.3) is 0 Å². The van der Waals surface area contributed by atoms with Gasteiger partial charge in [-0.15, -0.1) is 11.8 Å². The Labute approximate surface area is 145 Å². The van der Waals surface area contributed by atoms with Crippen molar-refractivity contribution in [3.8, 4) is 0 Å². The maximum Gasteiger partial charge on any atom is 0.319 e. The summed E-state index contributed by atoms with van der Waals surface area (Å²) in [6, 6.07) is 10.7. The van der Waals surface area contributed by atoms with E-state index in [9.17, 15) is 9.59 Å². The van der Waals surface area contributed by atoms with Gasteiger partial charge in [0.2, 0.25) is 5.91 Å². The third-order valence-electron chi connectivity index (χ3n) is 3.29. The molecule has 6 nitrogen and oxygen atoms in total. The zero-order valence-electron chi connectivity index (χ0n) is 13.4. The molecule has 0 radical (unpaired) electrons. The second-order valence-corrected chi connectivity index (χ2v) is 6.30. The first-order chi connectivity index (χ1) is 11.6. The van der Waals surface area contributed by atoms with Crippen LogP contribution in [0.5, 0.6) is 0 Å². The number of para-hydroxylation sites is 1. The smallest absolute Gasteiger partial charge is 0.319 e. The van der Waals surface area contributed by atoms with Gasteiger partial charge in [0.1, 0.15) is 0 Å². The van der Waals surface area contributed by atoms with Crippen molar-refractivity contribution >= 4 is 29.4 Å². The van der Waals surface area contributed by atoms with E-state index in [1.807, 2.05) is 43.3 Å². The molecule has 0 saturated heterocycles. The minimum Gasteiger partial charge on any atom is -0.370 e. The van der Waals surface area contributed by atoms with Crippen LogP contribution in [0.4, 0.5) is 10.5 Å². The van der Waals surface area contributed by atoms with Crippen molar-refractivity contribution in [2.24, 2.45) is 5.73 Å². The quantitative estimate of drug-likeness (QED) is 0.673. The lowest BCUT2D eigenvalue weighted by molar-refractivity contribution is -0.117. The zero-order chi connectivity index (χ0) is 17.4. The molecule has 1 heterocycles. The summed E-state index contributed by atoms with van der Waals surface area (Å²) in [7, 11) is 0. The van der Waals surface area contributed by atoms with Crippen LogP contribution < -0.4 is 16.4 Å². The number of urea groups is 1. The minimum absolute atomic E-state index is 0.136. The molecule has 4 N–H and O–H groups in total. The fourth-order valence-corrected chi connectivity index (χ4v) is 3.02. The van der Waals surface area contributed by atoms with Gasteiger partial charge in [-0.3, -0.25) is 9.78 Å². The van der Waals surface area contributed by atoms with Crippen molar-refractivity contribution in [3.05, 3.63) is 54.4 Å². The van der Waals surface area contributed by atoms with Gasteiger partial charge < -0.3 is 16.4 Å². The molecule has 1 aromatic carbocycles. The molecule has 126 valence electrons. The highest BCUT2D eigenvalue weighted by molar-refractivity contribution is 7.99. The second-order valence-electron chi connectivity index (χ2n) is 5.16. The zero-order valence-corrected chi connectivity index (χ0v) is 14.2. The number of aromatic nitrogens is 1. The van der Waals surface area contributed by atoms with E-state index in [-0.39, 0.29) is 18.0 Å². The molecule has 0 aliphatic heterocycles. The summed E-state index contributed by atoms with van der Waals surface area (Å²) in [5, 5.41) is 5.73. The molecule has 2 aromatic rings. The largest absolute Gasteiger partial charge is 0.370 e. The number of thioether (sulfide) groups is 1. The summed E-state index contributed by atoms with van der Waals surface area (Å²) in [5.74, 6) is 0.236.